The van der Waals surface area contributed by atoms with Gasteiger partial charge < -0.3 is 15.0 Å². The number of amides is 1. The smallest absolute Gasteiger partial charge is 0.410 e. The highest BCUT2D eigenvalue weighted by Crippen LogP contribution is 2.28. The minimum Gasteiger partial charge on any atom is -0.444 e. The van der Waals surface area contributed by atoms with Crippen LogP contribution in [0.3, 0.4) is 0 Å². The lowest BCUT2D eigenvalue weighted by Crippen LogP contribution is -2.33. The third-order valence-electron chi connectivity index (χ3n) is 4.58. The van der Waals surface area contributed by atoms with E-state index < -0.39 is 5.60 Å². The van der Waals surface area contributed by atoms with Crippen LogP contribution in [0, 0.1) is 6.92 Å². The Hall–Kier alpha value is -3.03. The van der Waals surface area contributed by atoms with Crippen molar-refractivity contribution >= 4 is 22.9 Å². The number of aromatic nitrogens is 3. The van der Waals surface area contributed by atoms with Crippen molar-refractivity contribution in [2.45, 2.75) is 52.9 Å². The van der Waals surface area contributed by atoms with Gasteiger partial charge in [0.25, 0.3) is 0 Å². The SMILES string of the molecule is Cc1cc(Cn2ncc3c2CN(C(=O)OC(C)(C)C)C3)cc2onc(N)c12. The maximum Gasteiger partial charge on any atom is 0.410 e. The second-order valence-electron chi connectivity index (χ2n) is 7.96. The van der Waals surface area contributed by atoms with E-state index in [0.29, 0.717) is 31.0 Å². The standard InChI is InChI=1S/C19H23N5O3/c1-11-5-12(6-15-16(11)17(20)22-27-15)8-24-14-10-23(9-13(14)7-21-24)18(25)26-19(2,3)4/h5-7H,8-10H2,1-4H3,(H2,20,22). The van der Waals surface area contributed by atoms with E-state index in [1.165, 1.54) is 0 Å². The highest BCUT2D eigenvalue weighted by atomic mass is 16.6. The molecule has 0 radical (unpaired) electrons. The first-order valence-electron chi connectivity index (χ1n) is 8.87. The zero-order valence-corrected chi connectivity index (χ0v) is 15.9. The van der Waals surface area contributed by atoms with Crippen LogP contribution >= 0.6 is 0 Å². The Labute approximate surface area is 156 Å². The van der Waals surface area contributed by atoms with Gasteiger partial charge in [-0.3, -0.25) is 9.58 Å². The van der Waals surface area contributed by atoms with Crippen molar-refractivity contribution in [1.82, 2.24) is 19.8 Å². The Morgan fingerprint density at radius 2 is 2.11 bits per heavy atom. The van der Waals surface area contributed by atoms with Crippen LogP contribution in [-0.2, 0) is 24.4 Å². The summed E-state index contributed by atoms with van der Waals surface area (Å²) in [7, 11) is 0. The predicted molar refractivity (Wildman–Crippen MR) is 100.0 cm³/mol. The van der Waals surface area contributed by atoms with Crippen LogP contribution in [0.15, 0.2) is 22.9 Å². The van der Waals surface area contributed by atoms with Crippen LogP contribution in [-0.4, -0.2) is 31.5 Å². The summed E-state index contributed by atoms with van der Waals surface area (Å²) in [6.45, 7) is 9.16. The van der Waals surface area contributed by atoms with Crippen molar-refractivity contribution < 1.29 is 14.1 Å². The lowest BCUT2D eigenvalue weighted by atomic mass is 10.1. The maximum absolute atomic E-state index is 12.3. The van der Waals surface area contributed by atoms with Crippen LogP contribution < -0.4 is 5.73 Å². The van der Waals surface area contributed by atoms with Gasteiger partial charge in [-0.2, -0.15) is 5.10 Å². The summed E-state index contributed by atoms with van der Waals surface area (Å²) in [5.74, 6) is 0.405. The molecule has 0 aliphatic carbocycles. The van der Waals surface area contributed by atoms with Gasteiger partial charge in [0.15, 0.2) is 11.4 Å². The van der Waals surface area contributed by atoms with Gasteiger partial charge in [-0.05, 0) is 44.9 Å². The van der Waals surface area contributed by atoms with Crippen molar-refractivity contribution in [3.8, 4) is 0 Å². The number of ether oxygens (including phenoxy) is 1. The zero-order chi connectivity index (χ0) is 19.3. The van der Waals surface area contributed by atoms with Gasteiger partial charge in [-0.1, -0.05) is 11.2 Å². The largest absolute Gasteiger partial charge is 0.444 e. The average molecular weight is 369 g/mol. The minimum atomic E-state index is -0.510. The van der Waals surface area contributed by atoms with Crippen molar-refractivity contribution in [2.75, 3.05) is 5.73 Å². The number of hydrogen-bond donors (Lipinski definition) is 1. The Morgan fingerprint density at radius 3 is 2.85 bits per heavy atom. The van der Waals surface area contributed by atoms with E-state index in [4.69, 9.17) is 15.0 Å². The molecule has 0 bridgehead atoms. The Kier molecular flexibility index (Phi) is 3.87. The van der Waals surface area contributed by atoms with Crippen LogP contribution in [0.1, 0.15) is 43.2 Å². The molecule has 8 nitrogen and oxygen atoms in total. The molecule has 4 rings (SSSR count). The van der Waals surface area contributed by atoms with Gasteiger partial charge in [0.1, 0.15) is 5.60 Å². The zero-order valence-electron chi connectivity index (χ0n) is 15.9. The molecule has 142 valence electrons. The van der Waals surface area contributed by atoms with Gasteiger partial charge in [-0.25, -0.2) is 4.79 Å². The Bertz CT molecular complexity index is 1030. The van der Waals surface area contributed by atoms with Crippen molar-refractivity contribution in [1.29, 1.82) is 0 Å². The number of nitrogens with zero attached hydrogens (tertiary/aromatic N) is 4. The highest BCUT2D eigenvalue weighted by molar-refractivity contribution is 5.90. The van der Waals surface area contributed by atoms with Crippen LogP contribution in [0.25, 0.3) is 11.0 Å². The molecular formula is C19H23N5O3. The molecule has 0 saturated carbocycles. The number of rotatable bonds is 2. The first-order valence-corrected chi connectivity index (χ1v) is 8.87. The third kappa shape index (κ3) is 3.22. The first kappa shape index (κ1) is 17.4. The molecule has 1 aliphatic rings. The summed E-state index contributed by atoms with van der Waals surface area (Å²) < 4.78 is 12.7. The fourth-order valence-electron chi connectivity index (χ4n) is 3.43. The highest BCUT2D eigenvalue weighted by Gasteiger charge is 2.30. The number of aryl methyl sites for hydroxylation is 1. The number of carbonyl (C=O) groups excluding carboxylic acids is 1. The molecule has 8 heteroatoms. The van der Waals surface area contributed by atoms with E-state index in [2.05, 4.69) is 16.3 Å². The monoisotopic (exact) mass is 369 g/mol. The van der Waals surface area contributed by atoms with Crippen LogP contribution in [0.5, 0.6) is 0 Å². The van der Waals surface area contributed by atoms with Gasteiger partial charge in [-0.15, -0.1) is 0 Å². The number of fused-ring (bicyclic) bond motifs is 2. The molecule has 27 heavy (non-hydrogen) atoms. The molecule has 2 aromatic heterocycles. The van der Waals surface area contributed by atoms with Gasteiger partial charge in [0.05, 0.1) is 36.9 Å². The molecule has 0 fully saturated rings. The van der Waals surface area contributed by atoms with Crippen LogP contribution in [0.2, 0.25) is 0 Å². The fourth-order valence-corrected chi connectivity index (χ4v) is 3.43. The summed E-state index contributed by atoms with van der Waals surface area (Å²) in [6, 6.07) is 3.99. The second-order valence-corrected chi connectivity index (χ2v) is 7.96. The molecule has 0 unspecified atom stereocenters. The van der Waals surface area contributed by atoms with Crippen LogP contribution in [0.4, 0.5) is 10.6 Å². The topological polar surface area (TPSA) is 99.4 Å². The van der Waals surface area contributed by atoms with Crippen molar-refractivity contribution in [2.24, 2.45) is 0 Å². The van der Waals surface area contributed by atoms with E-state index >= 15 is 0 Å². The van der Waals surface area contributed by atoms with Crippen molar-refractivity contribution in [3.05, 3.63) is 40.7 Å². The molecule has 1 aromatic carbocycles. The van der Waals surface area contributed by atoms with E-state index in [9.17, 15) is 4.79 Å². The normalized spacial score (nSPS) is 14.0. The molecule has 3 aromatic rings. The molecule has 2 N–H and O–H groups in total. The molecule has 1 aliphatic heterocycles. The Morgan fingerprint density at radius 1 is 1.33 bits per heavy atom. The average Bonchev–Trinajstić information content (AvgIpc) is 3.22. The summed E-state index contributed by atoms with van der Waals surface area (Å²) in [5, 5.41) is 9.16. The van der Waals surface area contributed by atoms with Gasteiger partial charge in [0.2, 0.25) is 0 Å². The van der Waals surface area contributed by atoms with E-state index in [1.807, 2.05) is 44.6 Å². The van der Waals surface area contributed by atoms with Gasteiger partial charge in [0, 0.05) is 5.56 Å². The van der Waals surface area contributed by atoms with E-state index in [0.717, 1.165) is 27.8 Å². The number of nitrogens with two attached hydrogens (primary N) is 1. The number of carbonyl (C=O) groups is 1. The second kappa shape index (κ2) is 6.00. The molecule has 3 heterocycles. The minimum absolute atomic E-state index is 0.306. The lowest BCUT2D eigenvalue weighted by Gasteiger charge is -2.24. The predicted octanol–water partition coefficient (Wildman–Crippen LogP) is 3.21. The summed E-state index contributed by atoms with van der Waals surface area (Å²) in [6.07, 6.45) is 1.51. The summed E-state index contributed by atoms with van der Waals surface area (Å²) in [4.78, 5) is 14.0. The van der Waals surface area contributed by atoms with Gasteiger partial charge >= 0.3 is 6.09 Å². The molecule has 0 saturated heterocycles. The number of nitrogen functional groups attached to an aromatic ring is 1. The third-order valence-corrected chi connectivity index (χ3v) is 4.58. The molecular weight excluding hydrogens is 346 g/mol. The summed E-state index contributed by atoms with van der Waals surface area (Å²) >= 11 is 0. The quantitative estimate of drug-likeness (QED) is 0.744. The fraction of sp³-hybridized carbons (Fsp3) is 0.421. The summed E-state index contributed by atoms with van der Waals surface area (Å²) in [5.41, 5.74) is 10.1. The number of benzene rings is 1. The van der Waals surface area contributed by atoms with Crippen molar-refractivity contribution in [3.63, 3.8) is 0 Å². The molecule has 0 spiro atoms. The molecule has 0 atom stereocenters. The lowest BCUT2D eigenvalue weighted by molar-refractivity contribution is 0.0238. The Balaban J connectivity index is 1.55. The number of hydrogen-bond acceptors (Lipinski definition) is 6. The maximum atomic E-state index is 12.3. The molecule has 1 amide bonds. The number of anilines is 1. The van der Waals surface area contributed by atoms with E-state index in [-0.39, 0.29) is 6.09 Å². The first-order chi connectivity index (χ1) is 12.7. The van der Waals surface area contributed by atoms with E-state index in [1.54, 1.807) is 4.90 Å².